The van der Waals surface area contributed by atoms with E-state index >= 15 is 0 Å². The highest BCUT2D eigenvalue weighted by Crippen LogP contribution is 2.25. The zero-order chi connectivity index (χ0) is 16.4. The van der Waals surface area contributed by atoms with E-state index in [4.69, 9.17) is 0 Å². The average molecular weight is 313 g/mol. The average Bonchev–Trinajstić information content (AvgIpc) is 3.33. The lowest BCUT2D eigenvalue weighted by Gasteiger charge is -2.22. The maximum Gasteiger partial charge on any atom is 0.255 e. The molecular formula is C17H23N5O. The van der Waals surface area contributed by atoms with Crippen molar-refractivity contribution in [3.05, 3.63) is 36.3 Å². The molecule has 0 aromatic carbocycles. The van der Waals surface area contributed by atoms with Crippen molar-refractivity contribution in [1.29, 1.82) is 0 Å². The zero-order valence-electron chi connectivity index (χ0n) is 13.9. The molecule has 1 fully saturated rings. The van der Waals surface area contributed by atoms with Crippen LogP contribution in [0.5, 0.6) is 0 Å². The number of carbonyl (C=O) groups is 1. The number of hydrogen-bond donors (Lipinski definition) is 0. The minimum absolute atomic E-state index is 0.00106. The van der Waals surface area contributed by atoms with Crippen molar-refractivity contribution in [2.75, 3.05) is 27.2 Å². The highest BCUT2D eigenvalue weighted by atomic mass is 16.2. The number of rotatable bonds is 6. The minimum atomic E-state index is 0.00106. The van der Waals surface area contributed by atoms with Crippen LogP contribution in [0.25, 0.3) is 11.3 Å². The van der Waals surface area contributed by atoms with E-state index in [1.165, 1.54) is 12.8 Å². The molecule has 0 bridgehead atoms. The van der Waals surface area contributed by atoms with Gasteiger partial charge in [0, 0.05) is 51.2 Å². The summed E-state index contributed by atoms with van der Waals surface area (Å²) in [6, 6.07) is 4.35. The van der Waals surface area contributed by atoms with Gasteiger partial charge in [0.2, 0.25) is 0 Å². The van der Waals surface area contributed by atoms with E-state index in [2.05, 4.69) is 22.0 Å². The predicted octanol–water partition coefficient (Wildman–Crippen LogP) is 1.65. The van der Waals surface area contributed by atoms with Crippen LogP contribution >= 0.6 is 0 Å². The highest BCUT2D eigenvalue weighted by Gasteiger charge is 2.26. The van der Waals surface area contributed by atoms with Gasteiger partial charge in [-0.3, -0.25) is 14.5 Å². The Morgan fingerprint density at radius 2 is 2.13 bits per heavy atom. The molecular weight excluding hydrogens is 290 g/mol. The van der Waals surface area contributed by atoms with Crippen molar-refractivity contribution < 1.29 is 4.79 Å². The van der Waals surface area contributed by atoms with Crippen LogP contribution < -0.4 is 0 Å². The van der Waals surface area contributed by atoms with Gasteiger partial charge in [0.05, 0.1) is 17.5 Å². The monoisotopic (exact) mass is 313 g/mol. The Morgan fingerprint density at radius 1 is 1.35 bits per heavy atom. The van der Waals surface area contributed by atoms with Crippen LogP contribution in [0.15, 0.2) is 30.7 Å². The van der Waals surface area contributed by atoms with Crippen molar-refractivity contribution in [2.24, 2.45) is 7.05 Å². The number of pyridine rings is 1. The first-order valence-corrected chi connectivity index (χ1v) is 7.96. The van der Waals surface area contributed by atoms with Crippen LogP contribution in [0.4, 0.5) is 0 Å². The van der Waals surface area contributed by atoms with Gasteiger partial charge in [0.25, 0.3) is 5.91 Å². The summed E-state index contributed by atoms with van der Waals surface area (Å²) in [6.45, 7) is 1.61. The first-order valence-electron chi connectivity index (χ1n) is 7.96. The second-order valence-corrected chi connectivity index (χ2v) is 6.24. The molecule has 2 aromatic heterocycles. The normalized spacial score (nSPS) is 14.3. The van der Waals surface area contributed by atoms with Crippen LogP contribution in [0.3, 0.4) is 0 Å². The molecule has 0 aliphatic heterocycles. The summed E-state index contributed by atoms with van der Waals surface area (Å²) in [6.07, 6.45) is 7.88. The van der Waals surface area contributed by atoms with Gasteiger partial charge in [-0.05, 0) is 32.0 Å². The van der Waals surface area contributed by atoms with E-state index in [0.717, 1.165) is 12.1 Å². The Labute approximate surface area is 136 Å². The lowest BCUT2D eigenvalue weighted by atomic mass is 10.1. The van der Waals surface area contributed by atoms with Crippen molar-refractivity contribution in [3.8, 4) is 11.3 Å². The number of nitrogens with zero attached hydrogens (tertiary/aromatic N) is 5. The number of aryl methyl sites for hydroxylation is 1. The minimum Gasteiger partial charge on any atom is -0.340 e. The summed E-state index contributed by atoms with van der Waals surface area (Å²) in [5.41, 5.74) is 2.17. The topological polar surface area (TPSA) is 54.3 Å². The summed E-state index contributed by atoms with van der Waals surface area (Å²) in [7, 11) is 5.83. The summed E-state index contributed by atoms with van der Waals surface area (Å²) in [5, 5.41) is 4.17. The Hall–Kier alpha value is -2.21. The summed E-state index contributed by atoms with van der Waals surface area (Å²) >= 11 is 0. The number of aromatic nitrogens is 3. The molecule has 0 spiro atoms. The molecule has 6 heteroatoms. The zero-order valence-corrected chi connectivity index (χ0v) is 13.9. The fourth-order valence-electron chi connectivity index (χ4n) is 2.66. The SMILES string of the molecule is CN(CCN(C)C1CC1)C(=O)c1cccnc1-c1cnn(C)c1. The van der Waals surface area contributed by atoms with Gasteiger partial charge in [0.1, 0.15) is 0 Å². The molecule has 2 aromatic rings. The molecule has 3 rings (SSSR count). The maximum absolute atomic E-state index is 12.8. The van der Waals surface area contributed by atoms with Gasteiger partial charge in [-0.2, -0.15) is 5.10 Å². The van der Waals surface area contributed by atoms with Crippen molar-refractivity contribution in [2.45, 2.75) is 18.9 Å². The molecule has 0 N–H and O–H groups in total. The molecule has 122 valence electrons. The molecule has 1 aliphatic rings. The number of amides is 1. The van der Waals surface area contributed by atoms with Crippen molar-refractivity contribution >= 4 is 5.91 Å². The lowest BCUT2D eigenvalue weighted by Crippen LogP contribution is -2.35. The lowest BCUT2D eigenvalue weighted by molar-refractivity contribution is 0.0782. The first-order chi connectivity index (χ1) is 11.1. The van der Waals surface area contributed by atoms with Gasteiger partial charge in [-0.15, -0.1) is 0 Å². The highest BCUT2D eigenvalue weighted by molar-refractivity contribution is 5.99. The molecule has 1 aliphatic carbocycles. The van der Waals surface area contributed by atoms with Crippen LogP contribution in [-0.2, 0) is 7.05 Å². The fraction of sp³-hybridized carbons (Fsp3) is 0.471. The third-order valence-electron chi connectivity index (χ3n) is 4.32. The van der Waals surface area contributed by atoms with Gasteiger partial charge in [0.15, 0.2) is 0 Å². The summed E-state index contributed by atoms with van der Waals surface area (Å²) < 4.78 is 1.71. The molecule has 0 unspecified atom stereocenters. The number of hydrogen-bond acceptors (Lipinski definition) is 4. The third kappa shape index (κ3) is 3.59. The van der Waals surface area contributed by atoms with Crippen LogP contribution in [-0.4, -0.2) is 63.7 Å². The standard InChI is InChI=1S/C17H23N5O/c1-20(14-6-7-14)9-10-21(2)17(23)15-5-4-8-18-16(15)13-11-19-22(3)12-13/h4-5,8,11-12,14H,6-7,9-10H2,1-3H3. The number of likely N-dealkylation sites (N-methyl/N-ethyl adjacent to an activating group) is 2. The van der Waals surface area contributed by atoms with Gasteiger partial charge in [-0.25, -0.2) is 0 Å². The number of carbonyl (C=O) groups excluding carboxylic acids is 1. The van der Waals surface area contributed by atoms with E-state index in [9.17, 15) is 4.79 Å². The second kappa shape index (κ2) is 6.50. The Kier molecular flexibility index (Phi) is 4.43. The van der Waals surface area contributed by atoms with Gasteiger partial charge in [-0.1, -0.05) is 0 Å². The molecule has 1 saturated carbocycles. The van der Waals surface area contributed by atoms with E-state index < -0.39 is 0 Å². The van der Waals surface area contributed by atoms with Crippen molar-refractivity contribution in [3.63, 3.8) is 0 Å². The summed E-state index contributed by atoms with van der Waals surface area (Å²) in [4.78, 5) is 21.3. The third-order valence-corrected chi connectivity index (χ3v) is 4.32. The van der Waals surface area contributed by atoms with Crippen LogP contribution in [0.2, 0.25) is 0 Å². The molecule has 0 radical (unpaired) electrons. The molecule has 1 amide bonds. The molecule has 0 atom stereocenters. The van der Waals surface area contributed by atoms with E-state index in [1.807, 2.05) is 26.4 Å². The van der Waals surface area contributed by atoms with Crippen LogP contribution in [0.1, 0.15) is 23.2 Å². The smallest absolute Gasteiger partial charge is 0.255 e. The Morgan fingerprint density at radius 3 is 2.78 bits per heavy atom. The van der Waals surface area contributed by atoms with E-state index in [-0.39, 0.29) is 5.91 Å². The molecule has 23 heavy (non-hydrogen) atoms. The molecule has 6 nitrogen and oxygen atoms in total. The van der Waals surface area contributed by atoms with E-state index in [1.54, 1.807) is 28.0 Å². The van der Waals surface area contributed by atoms with Crippen LogP contribution in [0, 0.1) is 0 Å². The maximum atomic E-state index is 12.8. The molecule has 0 saturated heterocycles. The fourth-order valence-corrected chi connectivity index (χ4v) is 2.66. The second-order valence-electron chi connectivity index (χ2n) is 6.24. The largest absolute Gasteiger partial charge is 0.340 e. The van der Waals surface area contributed by atoms with E-state index in [0.29, 0.717) is 23.8 Å². The molecule has 2 heterocycles. The Bertz CT molecular complexity index is 692. The van der Waals surface area contributed by atoms with Gasteiger partial charge < -0.3 is 9.80 Å². The first kappa shape index (κ1) is 15.7. The van der Waals surface area contributed by atoms with Gasteiger partial charge >= 0.3 is 0 Å². The Balaban J connectivity index is 1.73. The predicted molar refractivity (Wildman–Crippen MR) is 89.1 cm³/mol. The summed E-state index contributed by atoms with van der Waals surface area (Å²) in [5.74, 6) is 0.00106. The van der Waals surface area contributed by atoms with Crippen molar-refractivity contribution in [1.82, 2.24) is 24.6 Å². The quantitative estimate of drug-likeness (QED) is 0.814.